The van der Waals surface area contributed by atoms with E-state index < -0.39 is 0 Å². The van der Waals surface area contributed by atoms with Gasteiger partial charge < -0.3 is 4.74 Å². The summed E-state index contributed by atoms with van der Waals surface area (Å²) in [7, 11) is 0. The largest absolute Gasteiger partial charge is 0.494 e. The topological polar surface area (TPSA) is 33.0 Å². The summed E-state index contributed by atoms with van der Waals surface area (Å²) < 4.78 is 5.32. The van der Waals surface area contributed by atoms with Gasteiger partial charge in [0.1, 0.15) is 5.75 Å². The van der Waals surface area contributed by atoms with Crippen LogP contribution in [0.5, 0.6) is 5.75 Å². The summed E-state index contributed by atoms with van der Waals surface area (Å²) in [5, 5.41) is 8.87. The number of nitriles is 1. The third-order valence-corrected chi connectivity index (χ3v) is 2.16. The fourth-order valence-corrected chi connectivity index (χ4v) is 1.36. The Balaban J connectivity index is 2.77. The van der Waals surface area contributed by atoms with Crippen molar-refractivity contribution in [3.63, 3.8) is 0 Å². The Morgan fingerprint density at radius 1 is 1.29 bits per heavy atom. The molecule has 0 heterocycles. The van der Waals surface area contributed by atoms with E-state index in [1.807, 2.05) is 38.1 Å². The van der Waals surface area contributed by atoms with Gasteiger partial charge in [0.25, 0.3) is 0 Å². The van der Waals surface area contributed by atoms with Crippen molar-refractivity contribution in [2.24, 2.45) is 0 Å². The Morgan fingerprint density at radius 3 is 2.36 bits per heavy atom. The lowest BCUT2D eigenvalue weighted by Crippen LogP contribution is -1.95. The van der Waals surface area contributed by atoms with Gasteiger partial charge in [0.15, 0.2) is 0 Å². The lowest BCUT2D eigenvalue weighted by atomic mass is 9.98. The van der Waals surface area contributed by atoms with Gasteiger partial charge in [0.2, 0.25) is 0 Å². The van der Waals surface area contributed by atoms with Gasteiger partial charge in [-0.25, -0.2) is 0 Å². The molecule has 0 bridgehead atoms. The van der Waals surface area contributed by atoms with Crippen molar-refractivity contribution >= 4 is 0 Å². The molecule has 0 fully saturated rings. The zero-order valence-corrected chi connectivity index (χ0v) is 8.66. The average Bonchev–Trinajstić information content (AvgIpc) is 2.23. The molecular formula is C12H15NO. The standard InChI is InChI=1S/C12H15NO/c1-3-10(9-13)11-5-7-12(8-6-11)14-4-2/h5-8,10H,3-4H2,1-2H3. The van der Waals surface area contributed by atoms with E-state index in [4.69, 9.17) is 10.00 Å². The van der Waals surface area contributed by atoms with Gasteiger partial charge in [-0.05, 0) is 31.0 Å². The number of hydrogen-bond acceptors (Lipinski definition) is 2. The summed E-state index contributed by atoms with van der Waals surface area (Å²) in [6.45, 7) is 4.65. The summed E-state index contributed by atoms with van der Waals surface area (Å²) >= 11 is 0. The monoisotopic (exact) mass is 189 g/mol. The normalized spacial score (nSPS) is 11.8. The molecule has 1 unspecified atom stereocenters. The van der Waals surface area contributed by atoms with E-state index in [2.05, 4.69) is 6.07 Å². The van der Waals surface area contributed by atoms with Crippen LogP contribution in [0.1, 0.15) is 31.7 Å². The molecule has 0 amide bonds. The van der Waals surface area contributed by atoms with Gasteiger partial charge in [-0.1, -0.05) is 19.1 Å². The lowest BCUT2D eigenvalue weighted by Gasteiger charge is -2.07. The highest BCUT2D eigenvalue weighted by Gasteiger charge is 2.06. The molecule has 0 aromatic heterocycles. The molecule has 14 heavy (non-hydrogen) atoms. The number of rotatable bonds is 4. The van der Waals surface area contributed by atoms with E-state index in [1.165, 1.54) is 0 Å². The highest BCUT2D eigenvalue weighted by molar-refractivity contribution is 5.31. The van der Waals surface area contributed by atoms with Crippen molar-refractivity contribution in [1.29, 1.82) is 5.26 Å². The van der Waals surface area contributed by atoms with E-state index in [0.29, 0.717) is 6.61 Å². The van der Waals surface area contributed by atoms with Crippen LogP contribution in [0.25, 0.3) is 0 Å². The summed E-state index contributed by atoms with van der Waals surface area (Å²) in [6, 6.07) is 10.0. The molecule has 0 saturated carbocycles. The highest BCUT2D eigenvalue weighted by Crippen LogP contribution is 2.21. The van der Waals surface area contributed by atoms with Crippen LogP contribution in [-0.2, 0) is 0 Å². The van der Waals surface area contributed by atoms with Crippen molar-refractivity contribution in [2.75, 3.05) is 6.61 Å². The number of hydrogen-bond donors (Lipinski definition) is 0. The fraction of sp³-hybridized carbons (Fsp3) is 0.417. The second kappa shape index (κ2) is 5.29. The van der Waals surface area contributed by atoms with Crippen LogP contribution >= 0.6 is 0 Å². The van der Waals surface area contributed by atoms with Crippen molar-refractivity contribution in [2.45, 2.75) is 26.2 Å². The molecule has 0 saturated heterocycles. The first-order valence-electron chi connectivity index (χ1n) is 4.94. The van der Waals surface area contributed by atoms with Crippen molar-refractivity contribution < 1.29 is 4.74 Å². The molecular weight excluding hydrogens is 174 g/mol. The highest BCUT2D eigenvalue weighted by atomic mass is 16.5. The van der Waals surface area contributed by atoms with Crippen LogP contribution in [0.3, 0.4) is 0 Å². The molecule has 2 heteroatoms. The van der Waals surface area contributed by atoms with Crippen molar-refractivity contribution in [1.82, 2.24) is 0 Å². The van der Waals surface area contributed by atoms with E-state index in [1.54, 1.807) is 0 Å². The second-order valence-corrected chi connectivity index (χ2v) is 3.09. The minimum atomic E-state index is 0.00526. The number of nitrogens with zero attached hydrogens (tertiary/aromatic N) is 1. The predicted octanol–water partition coefficient (Wildman–Crippen LogP) is 3.10. The second-order valence-electron chi connectivity index (χ2n) is 3.09. The maximum Gasteiger partial charge on any atom is 0.119 e. The third kappa shape index (κ3) is 2.50. The Hall–Kier alpha value is -1.49. The van der Waals surface area contributed by atoms with Crippen molar-refractivity contribution in [3.05, 3.63) is 29.8 Å². The predicted molar refractivity (Wildman–Crippen MR) is 56.3 cm³/mol. The number of benzene rings is 1. The van der Waals surface area contributed by atoms with E-state index in [9.17, 15) is 0 Å². The van der Waals surface area contributed by atoms with Gasteiger partial charge >= 0.3 is 0 Å². The van der Waals surface area contributed by atoms with Gasteiger partial charge in [-0.15, -0.1) is 0 Å². The van der Waals surface area contributed by atoms with E-state index >= 15 is 0 Å². The van der Waals surface area contributed by atoms with Crippen molar-refractivity contribution in [3.8, 4) is 11.8 Å². The van der Waals surface area contributed by atoms with Crippen LogP contribution in [0.15, 0.2) is 24.3 Å². The average molecular weight is 189 g/mol. The molecule has 2 nitrogen and oxygen atoms in total. The summed E-state index contributed by atoms with van der Waals surface area (Å²) in [5.74, 6) is 0.870. The van der Waals surface area contributed by atoms with Gasteiger partial charge in [-0.3, -0.25) is 0 Å². The van der Waals surface area contributed by atoms with E-state index in [-0.39, 0.29) is 5.92 Å². The molecule has 0 N–H and O–H groups in total. The first kappa shape index (κ1) is 10.6. The zero-order valence-electron chi connectivity index (χ0n) is 8.66. The zero-order chi connectivity index (χ0) is 10.4. The van der Waals surface area contributed by atoms with Crippen LogP contribution in [-0.4, -0.2) is 6.61 Å². The number of ether oxygens (including phenoxy) is 1. The maximum atomic E-state index is 8.87. The minimum Gasteiger partial charge on any atom is -0.494 e. The van der Waals surface area contributed by atoms with Crippen LogP contribution in [0.4, 0.5) is 0 Å². The van der Waals surface area contributed by atoms with Crippen LogP contribution < -0.4 is 4.74 Å². The van der Waals surface area contributed by atoms with Crippen LogP contribution in [0, 0.1) is 11.3 Å². The summed E-state index contributed by atoms with van der Waals surface area (Å²) in [5.41, 5.74) is 1.07. The smallest absolute Gasteiger partial charge is 0.119 e. The lowest BCUT2D eigenvalue weighted by molar-refractivity contribution is 0.340. The molecule has 0 radical (unpaired) electrons. The van der Waals surface area contributed by atoms with Crippen LogP contribution in [0.2, 0.25) is 0 Å². The molecule has 0 aliphatic rings. The summed E-state index contributed by atoms with van der Waals surface area (Å²) in [4.78, 5) is 0. The molecule has 74 valence electrons. The minimum absolute atomic E-state index is 0.00526. The molecule has 1 rings (SSSR count). The molecule has 1 atom stereocenters. The Morgan fingerprint density at radius 2 is 1.93 bits per heavy atom. The molecule has 0 spiro atoms. The van der Waals surface area contributed by atoms with Gasteiger partial charge in [0.05, 0.1) is 18.6 Å². The van der Waals surface area contributed by atoms with Gasteiger partial charge in [0, 0.05) is 0 Å². The Bertz CT molecular complexity index is 310. The maximum absolute atomic E-state index is 8.87. The Labute approximate surface area is 85.1 Å². The van der Waals surface area contributed by atoms with E-state index in [0.717, 1.165) is 17.7 Å². The molecule has 1 aromatic carbocycles. The quantitative estimate of drug-likeness (QED) is 0.729. The Kier molecular flexibility index (Phi) is 4.00. The molecule has 0 aliphatic heterocycles. The SMILES string of the molecule is CCOc1ccc(C(C#N)CC)cc1. The fourth-order valence-electron chi connectivity index (χ4n) is 1.36. The summed E-state index contributed by atoms with van der Waals surface area (Å²) in [6.07, 6.45) is 0.852. The first-order valence-corrected chi connectivity index (χ1v) is 4.94. The molecule has 1 aromatic rings. The van der Waals surface area contributed by atoms with Gasteiger partial charge in [-0.2, -0.15) is 5.26 Å². The molecule has 0 aliphatic carbocycles. The first-order chi connectivity index (χ1) is 6.81. The third-order valence-electron chi connectivity index (χ3n) is 2.16.